The van der Waals surface area contributed by atoms with Crippen molar-refractivity contribution in [3.8, 4) is 0 Å². The molecule has 0 radical (unpaired) electrons. The molecule has 8 heteroatoms. The molecule has 7 nitrogen and oxygen atoms in total. The molecule has 23 heavy (non-hydrogen) atoms. The molecule has 1 unspecified atom stereocenters. The number of hydrogen-bond donors (Lipinski definition) is 3. The fourth-order valence-electron chi connectivity index (χ4n) is 3.11. The SMILES string of the molecule is CC1=CN(c2c(C)cc(C)c(S(=O)(=O)O)c2C)C(C)N(N)C1=N. The molecule has 126 valence electrons. The Morgan fingerprint density at radius 2 is 1.78 bits per heavy atom. The zero-order chi connectivity index (χ0) is 17.7. The van der Waals surface area contributed by atoms with E-state index in [4.69, 9.17) is 11.3 Å². The largest absolute Gasteiger partial charge is 0.325 e. The summed E-state index contributed by atoms with van der Waals surface area (Å²) < 4.78 is 33.0. The van der Waals surface area contributed by atoms with E-state index in [0.717, 1.165) is 5.56 Å². The highest BCUT2D eigenvalue weighted by Gasteiger charge is 2.30. The minimum atomic E-state index is -4.33. The Morgan fingerprint density at radius 1 is 1.22 bits per heavy atom. The smallest absolute Gasteiger partial charge is 0.295 e. The maximum atomic E-state index is 11.7. The molecular weight excluding hydrogens is 316 g/mol. The van der Waals surface area contributed by atoms with E-state index in [1.807, 2.05) is 18.7 Å². The third kappa shape index (κ3) is 2.85. The number of amidine groups is 1. The zero-order valence-electron chi connectivity index (χ0n) is 13.9. The van der Waals surface area contributed by atoms with Crippen molar-refractivity contribution in [3.63, 3.8) is 0 Å². The number of rotatable bonds is 2. The summed E-state index contributed by atoms with van der Waals surface area (Å²) in [7, 11) is -4.33. The summed E-state index contributed by atoms with van der Waals surface area (Å²) in [4.78, 5) is 1.74. The van der Waals surface area contributed by atoms with E-state index in [1.165, 1.54) is 5.01 Å². The van der Waals surface area contributed by atoms with Gasteiger partial charge in [0.15, 0.2) is 0 Å². The average Bonchev–Trinajstić information content (AvgIpc) is 2.39. The lowest BCUT2D eigenvalue weighted by molar-refractivity contribution is 0.333. The molecule has 0 bridgehead atoms. The molecule has 0 aromatic heterocycles. The van der Waals surface area contributed by atoms with Crippen LogP contribution in [-0.2, 0) is 10.1 Å². The fraction of sp³-hybridized carbons (Fsp3) is 0.400. The van der Waals surface area contributed by atoms with Crippen LogP contribution in [-0.4, -0.2) is 30.0 Å². The molecule has 0 saturated heterocycles. The molecular formula is C15H22N4O3S. The lowest BCUT2D eigenvalue weighted by atomic mass is 10.0. The molecule has 0 amide bonds. The third-order valence-corrected chi connectivity index (χ3v) is 5.29. The van der Waals surface area contributed by atoms with E-state index < -0.39 is 10.1 Å². The van der Waals surface area contributed by atoms with Crippen LogP contribution in [0, 0.1) is 26.2 Å². The Labute approximate surface area is 136 Å². The maximum Gasteiger partial charge on any atom is 0.295 e. The normalized spacial score (nSPS) is 19.2. The van der Waals surface area contributed by atoms with Crippen LogP contribution in [0.15, 0.2) is 22.7 Å². The van der Waals surface area contributed by atoms with Crippen LogP contribution >= 0.6 is 0 Å². The number of benzene rings is 1. The van der Waals surface area contributed by atoms with Crippen LogP contribution in [0.25, 0.3) is 0 Å². The van der Waals surface area contributed by atoms with Crippen molar-refractivity contribution in [1.29, 1.82) is 5.41 Å². The van der Waals surface area contributed by atoms with E-state index in [9.17, 15) is 13.0 Å². The monoisotopic (exact) mass is 338 g/mol. The van der Waals surface area contributed by atoms with Crippen molar-refractivity contribution >= 4 is 21.6 Å². The number of hydrogen-bond acceptors (Lipinski definition) is 5. The number of nitrogens with one attached hydrogen (secondary N) is 1. The zero-order valence-corrected chi connectivity index (χ0v) is 14.7. The lowest BCUT2D eigenvalue weighted by Crippen LogP contribution is -2.55. The van der Waals surface area contributed by atoms with E-state index >= 15 is 0 Å². The summed E-state index contributed by atoms with van der Waals surface area (Å²) in [6.45, 7) is 8.78. The first kappa shape index (κ1) is 17.5. The van der Waals surface area contributed by atoms with Gasteiger partial charge in [-0.3, -0.25) is 15.0 Å². The van der Waals surface area contributed by atoms with E-state index in [2.05, 4.69) is 0 Å². The molecule has 2 rings (SSSR count). The second kappa shape index (κ2) is 5.63. The predicted octanol–water partition coefficient (Wildman–Crippen LogP) is 2.08. The third-order valence-electron chi connectivity index (χ3n) is 4.15. The van der Waals surface area contributed by atoms with Gasteiger partial charge in [0.1, 0.15) is 16.9 Å². The quantitative estimate of drug-likeness (QED) is 0.562. The van der Waals surface area contributed by atoms with E-state index in [0.29, 0.717) is 22.4 Å². The predicted molar refractivity (Wildman–Crippen MR) is 89.9 cm³/mol. The summed E-state index contributed by atoms with van der Waals surface area (Å²) in [6.07, 6.45) is 1.41. The lowest BCUT2D eigenvalue weighted by Gasteiger charge is -2.41. The first-order valence-electron chi connectivity index (χ1n) is 7.14. The highest BCUT2D eigenvalue weighted by molar-refractivity contribution is 7.86. The second-order valence-electron chi connectivity index (χ2n) is 5.90. The van der Waals surface area contributed by atoms with Gasteiger partial charge in [-0.05, 0) is 51.3 Å². The summed E-state index contributed by atoms with van der Waals surface area (Å²) in [5, 5.41) is 9.26. The van der Waals surface area contributed by atoms with Gasteiger partial charge in [-0.2, -0.15) is 8.42 Å². The van der Waals surface area contributed by atoms with Crippen molar-refractivity contribution in [2.75, 3.05) is 4.90 Å². The van der Waals surface area contributed by atoms with Crippen LogP contribution in [0.1, 0.15) is 30.5 Å². The van der Waals surface area contributed by atoms with Gasteiger partial charge in [0.05, 0.1) is 0 Å². The van der Waals surface area contributed by atoms with Crippen molar-refractivity contribution < 1.29 is 13.0 Å². The molecule has 1 atom stereocenters. The maximum absolute atomic E-state index is 11.7. The molecule has 0 saturated carbocycles. The Balaban J connectivity index is 2.77. The van der Waals surface area contributed by atoms with Gasteiger partial charge in [0.2, 0.25) is 0 Å². The van der Waals surface area contributed by atoms with Crippen molar-refractivity contribution in [2.45, 2.75) is 45.7 Å². The molecule has 0 aliphatic carbocycles. The molecule has 4 N–H and O–H groups in total. The Morgan fingerprint density at radius 3 is 2.30 bits per heavy atom. The second-order valence-corrected chi connectivity index (χ2v) is 7.25. The number of nitrogens with two attached hydrogens (primary N) is 1. The van der Waals surface area contributed by atoms with Gasteiger partial charge in [-0.15, -0.1) is 0 Å². The Hall–Kier alpha value is -1.90. The van der Waals surface area contributed by atoms with Crippen LogP contribution in [0.3, 0.4) is 0 Å². The Bertz CT molecular complexity index is 815. The number of anilines is 1. The molecule has 1 aliphatic heterocycles. The molecule has 0 spiro atoms. The van der Waals surface area contributed by atoms with Crippen LogP contribution < -0.4 is 10.7 Å². The van der Waals surface area contributed by atoms with Gasteiger partial charge in [0.25, 0.3) is 10.1 Å². The molecule has 1 aliphatic rings. The van der Waals surface area contributed by atoms with Gasteiger partial charge in [-0.1, -0.05) is 6.07 Å². The standard InChI is InChI=1S/C15H22N4O3S/c1-8-6-9(2)14(23(20,21)22)11(4)13(8)18-7-10(3)15(16)19(17)12(18)5/h6-7,12,16H,17H2,1-5H3,(H,20,21,22). The molecule has 1 heterocycles. The van der Waals surface area contributed by atoms with Gasteiger partial charge < -0.3 is 4.90 Å². The van der Waals surface area contributed by atoms with Crippen LogP contribution in [0.2, 0.25) is 0 Å². The summed E-state index contributed by atoms with van der Waals surface area (Å²) in [6, 6.07) is 1.72. The average molecular weight is 338 g/mol. The fourth-order valence-corrected chi connectivity index (χ4v) is 4.05. The van der Waals surface area contributed by atoms with E-state index in [1.54, 1.807) is 33.0 Å². The first-order chi connectivity index (χ1) is 10.5. The number of aryl methyl sites for hydroxylation is 2. The Kier molecular flexibility index (Phi) is 4.27. The molecule has 1 aromatic rings. The summed E-state index contributed by atoms with van der Waals surface area (Å²) in [5.74, 6) is 6.17. The highest BCUT2D eigenvalue weighted by Crippen LogP contribution is 2.35. The first-order valence-corrected chi connectivity index (χ1v) is 8.58. The van der Waals surface area contributed by atoms with Gasteiger partial charge in [0, 0.05) is 17.5 Å². The van der Waals surface area contributed by atoms with E-state index in [-0.39, 0.29) is 16.9 Å². The van der Waals surface area contributed by atoms with Crippen LogP contribution in [0.5, 0.6) is 0 Å². The number of hydrazine groups is 1. The molecule has 1 aromatic carbocycles. The topological polar surface area (TPSA) is 111 Å². The van der Waals surface area contributed by atoms with Gasteiger partial charge in [-0.25, -0.2) is 5.84 Å². The number of nitrogens with zero attached hydrogens (tertiary/aromatic N) is 2. The minimum absolute atomic E-state index is 0.0828. The summed E-state index contributed by atoms with van der Waals surface area (Å²) in [5.41, 5.74) is 3.15. The highest BCUT2D eigenvalue weighted by atomic mass is 32.2. The van der Waals surface area contributed by atoms with Crippen LogP contribution in [0.4, 0.5) is 5.69 Å². The molecule has 0 fully saturated rings. The summed E-state index contributed by atoms with van der Waals surface area (Å²) >= 11 is 0. The van der Waals surface area contributed by atoms with Crippen molar-refractivity contribution in [1.82, 2.24) is 5.01 Å². The van der Waals surface area contributed by atoms with Crippen molar-refractivity contribution in [3.05, 3.63) is 34.5 Å². The van der Waals surface area contributed by atoms with Gasteiger partial charge >= 0.3 is 0 Å². The van der Waals surface area contributed by atoms with Crippen molar-refractivity contribution in [2.24, 2.45) is 5.84 Å². The minimum Gasteiger partial charge on any atom is -0.325 e.